The van der Waals surface area contributed by atoms with Crippen molar-refractivity contribution in [2.45, 2.75) is 32.7 Å². The van der Waals surface area contributed by atoms with Crippen molar-refractivity contribution in [3.05, 3.63) is 39.8 Å². The van der Waals surface area contributed by atoms with Gasteiger partial charge in [-0.15, -0.1) is 0 Å². The van der Waals surface area contributed by atoms with Crippen molar-refractivity contribution in [2.75, 3.05) is 19.6 Å². The van der Waals surface area contributed by atoms with E-state index in [1.54, 1.807) is 18.3 Å². The van der Waals surface area contributed by atoms with Crippen molar-refractivity contribution in [1.29, 1.82) is 0 Å². The Hall–Kier alpha value is -2.41. The Balaban J connectivity index is 1.85. The van der Waals surface area contributed by atoms with Crippen molar-refractivity contribution >= 4 is 11.6 Å². The normalized spacial score (nSPS) is 18.2. The lowest BCUT2D eigenvalue weighted by molar-refractivity contribution is 0.0936. The second kappa shape index (κ2) is 6.60. The van der Waals surface area contributed by atoms with Crippen LogP contribution in [-0.2, 0) is 0 Å². The summed E-state index contributed by atoms with van der Waals surface area (Å²) in [6, 6.07) is 3.70. The maximum atomic E-state index is 12.6. The van der Waals surface area contributed by atoms with Crippen LogP contribution >= 0.6 is 0 Å². The summed E-state index contributed by atoms with van der Waals surface area (Å²) >= 11 is 0. The minimum Gasteiger partial charge on any atom is -0.493 e. The number of carbonyl (C=O) groups excluding carboxylic acids is 1. The number of fused-ring (bicyclic) bond motifs is 1. The molecule has 24 heavy (non-hydrogen) atoms. The van der Waals surface area contributed by atoms with Gasteiger partial charge in [-0.05, 0) is 44.5 Å². The number of aromatic hydroxyl groups is 1. The van der Waals surface area contributed by atoms with Crippen LogP contribution in [0, 0.1) is 6.92 Å². The lowest BCUT2D eigenvalue weighted by Crippen LogP contribution is -2.41. The second-order valence-corrected chi connectivity index (χ2v) is 6.18. The summed E-state index contributed by atoms with van der Waals surface area (Å²) < 4.78 is 1.29. The summed E-state index contributed by atoms with van der Waals surface area (Å²) in [6.07, 6.45) is 3.74. The number of likely N-dealkylation sites (N-methyl/N-ethyl adjacent to an activating group) is 1. The Kier molecular flexibility index (Phi) is 4.53. The number of aromatic nitrogens is 2. The second-order valence-electron chi connectivity index (χ2n) is 6.18. The summed E-state index contributed by atoms with van der Waals surface area (Å²) in [7, 11) is 0. The highest BCUT2D eigenvalue weighted by molar-refractivity contribution is 5.96. The maximum absolute atomic E-state index is 12.6. The monoisotopic (exact) mass is 330 g/mol. The van der Waals surface area contributed by atoms with Gasteiger partial charge in [-0.2, -0.15) is 4.98 Å². The van der Waals surface area contributed by atoms with Gasteiger partial charge in [0.1, 0.15) is 5.65 Å². The van der Waals surface area contributed by atoms with Gasteiger partial charge in [-0.3, -0.25) is 18.9 Å². The quantitative estimate of drug-likeness (QED) is 0.871. The summed E-state index contributed by atoms with van der Waals surface area (Å²) in [5.41, 5.74) is 0.317. The zero-order chi connectivity index (χ0) is 17.3. The largest absolute Gasteiger partial charge is 0.493 e. The fourth-order valence-electron chi connectivity index (χ4n) is 3.27. The first-order valence-corrected chi connectivity index (χ1v) is 8.25. The number of carbonyl (C=O) groups is 1. The molecule has 1 unspecified atom stereocenters. The zero-order valence-electron chi connectivity index (χ0n) is 14.0. The maximum Gasteiger partial charge on any atom is 0.274 e. The third-order valence-electron chi connectivity index (χ3n) is 4.58. The standard InChI is InChI=1S/C17H22N4O3/c1-3-20-8-4-5-12(20)9-18-15(22)14-16(23)19-13-7-6-11(2)10-21(13)17(14)24/h6-7,10,12,23H,3-5,8-9H2,1-2H3,(H,18,22). The van der Waals surface area contributed by atoms with Crippen LogP contribution in [0.1, 0.15) is 35.7 Å². The minimum atomic E-state index is -0.580. The molecule has 0 aliphatic carbocycles. The van der Waals surface area contributed by atoms with Crippen molar-refractivity contribution < 1.29 is 9.90 Å². The molecule has 1 aliphatic heterocycles. The van der Waals surface area contributed by atoms with E-state index >= 15 is 0 Å². The average Bonchev–Trinajstić information content (AvgIpc) is 3.01. The predicted molar refractivity (Wildman–Crippen MR) is 90.5 cm³/mol. The fraction of sp³-hybridized carbons (Fsp3) is 0.471. The number of nitrogens with zero attached hydrogens (tertiary/aromatic N) is 3. The van der Waals surface area contributed by atoms with E-state index in [2.05, 4.69) is 22.1 Å². The molecule has 1 atom stereocenters. The summed E-state index contributed by atoms with van der Waals surface area (Å²) in [5.74, 6) is -1.11. The zero-order valence-corrected chi connectivity index (χ0v) is 14.0. The van der Waals surface area contributed by atoms with Crippen LogP contribution in [0.3, 0.4) is 0 Å². The number of amides is 1. The summed E-state index contributed by atoms with van der Waals surface area (Å²) in [6.45, 7) is 6.36. The van der Waals surface area contributed by atoms with E-state index in [4.69, 9.17) is 0 Å². The van der Waals surface area contributed by atoms with Crippen LogP contribution in [0.4, 0.5) is 0 Å². The highest BCUT2D eigenvalue weighted by Gasteiger charge is 2.25. The molecular weight excluding hydrogens is 308 g/mol. The van der Waals surface area contributed by atoms with Crippen LogP contribution < -0.4 is 10.9 Å². The van der Waals surface area contributed by atoms with Crippen LogP contribution in [-0.4, -0.2) is 51.0 Å². The Morgan fingerprint density at radius 2 is 2.25 bits per heavy atom. The predicted octanol–water partition coefficient (Wildman–Crippen LogP) is 0.923. The topological polar surface area (TPSA) is 86.9 Å². The molecule has 3 rings (SSSR count). The van der Waals surface area contributed by atoms with E-state index in [0.29, 0.717) is 12.2 Å². The van der Waals surface area contributed by atoms with Crippen molar-refractivity contribution in [1.82, 2.24) is 19.6 Å². The Labute approximate surface area is 139 Å². The fourth-order valence-corrected chi connectivity index (χ4v) is 3.27. The number of aryl methyl sites for hydroxylation is 1. The molecule has 1 aliphatic rings. The van der Waals surface area contributed by atoms with Gasteiger partial charge in [-0.25, -0.2) is 0 Å². The third kappa shape index (κ3) is 2.99. The molecule has 1 fully saturated rings. The molecule has 2 N–H and O–H groups in total. The molecule has 1 amide bonds. The SMILES string of the molecule is CCN1CCCC1CNC(=O)c1c(O)nc2ccc(C)cn2c1=O. The smallest absolute Gasteiger partial charge is 0.274 e. The van der Waals surface area contributed by atoms with Crippen LogP contribution in [0.5, 0.6) is 5.88 Å². The first kappa shape index (κ1) is 16.4. The molecule has 2 aromatic rings. The molecule has 2 aromatic heterocycles. The van der Waals surface area contributed by atoms with E-state index in [1.807, 2.05) is 6.92 Å². The third-order valence-corrected chi connectivity index (χ3v) is 4.58. The van der Waals surface area contributed by atoms with Crippen LogP contribution in [0.2, 0.25) is 0 Å². The number of hydrogen-bond acceptors (Lipinski definition) is 5. The molecule has 0 radical (unpaired) electrons. The molecule has 7 heteroatoms. The molecule has 0 bridgehead atoms. The highest BCUT2D eigenvalue weighted by Crippen LogP contribution is 2.16. The minimum absolute atomic E-state index is 0.277. The van der Waals surface area contributed by atoms with E-state index in [0.717, 1.165) is 31.5 Å². The number of hydrogen-bond donors (Lipinski definition) is 2. The summed E-state index contributed by atoms with van der Waals surface area (Å²) in [4.78, 5) is 31.2. The molecular formula is C17H22N4O3. The first-order valence-electron chi connectivity index (χ1n) is 8.25. The molecule has 7 nitrogen and oxygen atoms in total. The lowest BCUT2D eigenvalue weighted by Gasteiger charge is -2.22. The Morgan fingerprint density at radius 3 is 3.00 bits per heavy atom. The lowest BCUT2D eigenvalue weighted by atomic mass is 10.2. The van der Waals surface area contributed by atoms with Gasteiger partial charge in [0.15, 0.2) is 5.56 Å². The van der Waals surface area contributed by atoms with Crippen molar-refractivity contribution in [3.63, 3.8) is 0 Å². The molecule has 0 saturated carbocycles. The Morgan fingerprint density at radius 1 is 1.46 bits per heavy atom. The number of nitrogens with one attached hydrogen (secondary N) is 1. The molecule has 0 spiro atoms. The number of rotatable bonds is 4. The van der Waals surface area contributed by atoms with Gasteiger partial charge in [0.25, 0.3) is 11.5 Å². The van der Waals surface area contributed by atoms with Gasteiger partial charge in [0, 0.05) is 18.8 Å². The van der Waals surface area contributed by atoms with E-state index < -0.39 is 17.3 Å². The number of pyridine rings is 1. The van der Waals surface area contributed by atoms with Gasteiger partial charge in [-0.1, -0.05) is 13.0 Å². The van der Waals surface area contributed by atoms with Gasteiger partial charge < -0.3 is 10.4 Å². The highest BCUT2D eigenvalue weighted by atomic mass is 16.3. The van der Waals surface area contributed by atoms with Crippen LogP contribution in [0.15, 0.2) is 23.1 Å². The molecule has 0 aromatic carbocycles. The van der Waals surface area contributed by atoms with Gasteiger partial charge in [0.2, 0.25) is 5.88 Å². The first-order chi connectivity index (χ1) is 11.5. The Bertz CT molecular complexity index is 830. The van der Waals surface area contributed by atoms with Crippen molar-refractivity contribution in [3.8, 4) is 5.88 Å². The molecule has 3 heterocycles. The van der Waals surface area contributed by atoms with Gasteiger partial charge >= 0.3 is 0 Å². The average molecular weight is 330 g/mol. The summed E-state index contributed by atoms with van der Waals surface area (Å²) in [5, 5.41) is 12.8. The van der Waals surface area contributed by atoms with Crippen molar-refractivity contribution in [2.24, 2.45) is 0 Å². The van der Waals surface area contributed by atoms with Gasteiger partial charge in [0.05, 0.1) is 0 Å². The number of likely N-dealkylation sites (tertiary alicyclic amines) is 1. The van der Waals surface area contributed by atoms with E-state index in [9.17, 15) is 14.7 Å². The van der Waals surface area contributed by atoms with Crippen LogP contribution in [0.25, 0.3) is 5.65 Å². The van der Waals surface area contributed by atoms with E-state index in [-0.39, 0.29) is 11.6 Å². The molecule has 1 saturated heterocycles. The van der Waals surface area contributed by atoms with E-state index in [1.165, 1.54) is 4.40 Å². The molecule has 128 valence electrons.